The lowest BCUT2D eigenvalue weighted by molar-refractivity contribution is -0.135. The van der Waals surface area contributed by atoms with E-state index in [2.05, 4.69) is 5.32 Å². The second-order valence-electron chi connectivity index (χ2n) is 8.11. The van der Waals surface area contributed by atoms with Gasteiger partial charge in [0.15, 0.2) is 5.54 Å². The molecule has 0 unspecified atom stereocenters. The lowest BCUT2D eigenvalue weighted by Gasteiger charge is -2.51. The Labute approximate surface area is 183 Å². The van der Waals surface area contributed by atoms with E-state index in [0.717, 1.165) is 33.6 Å². The third kappa shape index (κ3) is 3.77. The highest BCUT2D eigenvalue weighted by Crippen LogP contribution is 2.43. The molecule has 1 N–H and O–H groups in total. The average molecular weight is 411 g/mol. The molecule has 1 aliphatic rings. The van der Waals surface area contributed by atoms with Crippen molar-refractivity contribution in [1.29, 1.82) is 0 Å². The van der Waals surface area contributed by atoms with Crippen LogP contribution in [-0.4, -0.2) is 17.4 Å². The molecule has 4 rings (SSSR count). The number of β-lactam (4-membered cyclic amide) rings is 1. The first-order chi connectivity index (χ1) is 14.9. The van der Waals surface area contributed by atoms with Crippen LogP contribution in [0.3, 0.4) is 0 Å². The van der Waals surface area contributed by atoms with Gasteiger partial charge in [0.1, 0.15) is 0 Å². The molecule has 1 fully saturated rings. The second-order valence-corrected chi connectivity index (χ2v) is 8.11. The van der Waals surface area contributed by atoms with Gasteiger partial charge >= 0.3 is 0 Å². The fraction of sp³-hybridized carbons (Fsp3) is 0.185. The number of benzene rings is 3. The van der Waals surface area contributed by atoms with Gasteiger partial charge in [-0.15, -0.1) is 0 Å². The van der Waals surface area contributed by atoms with Crippen molar-refractivity contribution in [3.63, 3.8) is 0 Å². The third-order valence-corrected chi connectivity index (χ3v) is 5.93. The van der Waals surface area contributed by atoms with Gasteiger partial charge in [0, 0.05) is 11.4 Å². The minimum Gasteiger partial charge on any atom is -0.323 e. The van der Waals surface area contributed by atoms with Crippen LogP contribution >= 0.6 is 0 Å². The lowest BCUT2D eigenvalue weighted by Crippen LogP contribution is -2.70. The van der Waals surface area contributed by atoms with E-state index in [1.807, 2.05) is 106 Å². The molecule has 156 valence electrons. The Morgan fingerprint density at radius 2 is 1.58 bits per heavy atom. The predicted molar refractivity (Wildman–Crippen MR) is 126 cm³/mol. The molecule has 1 aliphatic heterocycles. The van der Waals surface area contributed by atoms with Crippen molar-refractivity contribution < 1.29 is 9.59 Å². The zero-order valence-corrected chi connectivity index (χ0v) is 18.1. The van der Waals surface area contributed by atoms with Crippen molar-refractivity contribution >= 4 is 29.3 Å². The van der Waals surface area contributed by atoms with E-state index >= 15 is 0 Å². The molecule has 0 aromatic heterocycles. The normalized spacial score (nSPS) is 18.5. The molecule has 1 atom stereocenters. The van der Waals surface area contributed by atoms with Gasteiger partial charge in [-0.2, -0.15) is 0 Å². The molecule has 3 aromatic carbocycles. The molecule has 0 aliphatic carbocycles. The van der Waals surface area contributed by atoms with E-state index in [1.54, 1.807) is 4.90 Å². The van der Waals surface area contributed by atoms with Gasteiger partial charge in [-0.3, -0.25) is 14.5 Å². The van der Waals surface area contributed by atoms with Gasteiger partial charge in [-0.05, 0) is 55.7 Å². The Kier molecular flexibility index (Phi) is 5.47. The first-order valence-electron chi connectivity index (χ1n) is 10.4. The summed E-state index contributed by atoms with van der Waals surface area (Å²) in [7, 11) is 0. The molecule has 4 heteroatoms. The molecule has 1 saturated heterocycles. The molecule has 0 saturated carbocycles. The fourth-order valence-electron chi connectivity index (χ4n) is 4.09. The van der Waals surface area contributed by atoms with E-state index < -0.39 is 5.54 Å². The summed E-state index contributed by atoms with van der Waals surface area (Å²) in [4.78, 5) is 28.2. The molecule has 0 bridgehead atoms. The smallest absolute Gasteiger partial charge is 0.255 e. The summed E-state index contributed by atoms with van der Waals surface area (Å²) in [5.74, 6) is -0.267. The van der Waals surface area contributed by atoms with Gasteiger partial charge in [0.2, 0.25) is 5.91 Å². The number of aryl methyl sites for hydroxylation is 2. The predicted octanol–water partition coefficient (Wildman–Crippen LogP) is 5.52. The number of hydrogen-bond donors (Lipinski definition) is 1. The minimum absolute atomic E-state index is 0.0652. The molecule has 2 amide bonds. The molecule has 4 nitrogen and oxygen atoms in total. The van der Waals surface area contributed by atoms with Crippen LogP contribution in [0.2, 0.25) is 0 Å². The lowest BCUT2D eigenvalue weighted by atomic mass is 9.75. The van der Waals surface area contributed by atoms with Crippen LogP contribution in [0.15, 0.2) is 84.4 Å². The molecule has 0 radical (unpaired) electrons. The first kappa shape index (κ1) is 20.6. The summed E-state index contributed by atoms with van der Waals surface area (Å²) in [5, 5.41) is 3.08. The largest absolute Gasteiger partial charge is 0.323 e. The highest BCUT2D eigenvalue weighted by Gasteiger charge is 2.58. The summed E-state index contributed by atoms with van der Waals surface area (Å²) in [6.45, 7) is 5.89. The number of para-hydroxylation sites is 1. The van der Waals surface area contributed by atoms with E-state index in [9.17, 15) is 9.59 Å². The third-order valence-electron chi connectivity index (χ3n) is 5.93. The van der Waals surface area contributed by atoms with Gasteiger partial charge in [0.05, 0.1) is 6.42 Å². The number of hydrogen-bond acceptors (Lipinski definition) is 2. The summed E-state index contributed by atoms with van der Waals surface area (Å²) >= 11 is 0. The Hall–Kier alpha value is -3.66. The maximum atomic E-state index is 13.8. The Morgan fingerprint density at radius 1 is 0.935 bits per heavy atom. The number of carbonyl (C=O) groups is 2. The van der Waals surface area contributed by atoms with Crippen molar-refractivity contribution in [3.8, 4) is 0 Å². The van der Waals surface area contributed by atoms with Crippen LogP contribution in [0, 0.1) is 13.8 Å². The number of nitrogens with one attached hydrogen (secondary N) is 1. The van der Waals surface area contributed by atoms with Gasteiger partial charge in [-0.1, -0.05) is 72.3 Å². The number of nitrogens with zero attached hydrogens (tertiary/aromatic N) is 1. The monoisotopic (exact) mass is 410 g/mol. The van der Waals surface area contributed by atoms with Crippen LogP contribution in [0.4, 0.5) is 11.4 Å². The highest BCUT2D eigenvalue weighted by molar-refractivity contribution is 6.19. The van der Waals surface area contributed by atoms with Crippen molar-refractivity contribution in [1.82, 2.24) is 0 Å². The van der Waals surface area contributed by atoms with Crippen LogP contribution in [0.5, 0.6) is 0 Å². The number of carbonyl (C=O) groups excluding carboxylic acids is 2. The number of rotatable bonds is 5. The molecular formula is C27H26N2O2. The summed E-state index contributed by atoms with van der Waals surface area (Å²) in [5.41, 5.74) is 4.29. The summed E-state index contributed by atoms with van der Waals surface area (Å²) < 4.78 is 0. The fourth-order valence-corrected chi connectivity index (χ4v) is 4.09. The minimum atomic E-state index is -1.08. The zero-order valence-electron chi connectivity index (χ0n) is 18.1. The summed E-state index contributed by atoms with van der Waals surface area (Å²) in [6, 6.07) is 25.3. The van der Waals surface area contributed by atoms with Crippen LogP contribution in [0.1, 0.15) is 30.0 Å². The topological polar surface area (TPSA) is 49.4 Å². The van der Waals surface area contributed by atoms with E-state index in [4.69, 9.17) is 0 Å². The van der Waals surface area contributed by atoms with Gasteiger partial charge < -0.3 is 5.32 Å². The maximum Gasteiger partial charge on any atom is 0.255 e. The quantitative estimate of drug-likeness (QED) is 0.563. The highest BCUT2D eigenvalue weighted by atomic mass is 16.2. The average Bonchev–Trinajstić information content (AvgIpc) is 2.75. The van der Waals surface area contributed by atoms with Crippen molar-refractivity contribution in [2.45, 2.75) is 32.7 Å². The molecule has 1 heterocycles. The molecule has 0 spiro atoms. The maximum absolute atomic E-state index is 13.8. The Morgan fingerprint density at radius 3 is 2.23 bits per heavy atom. The van der Waals surface area contributed by atoms with E-state index in [-0.39, 0.29) is 18.2 Å². The zero-order chi connectivity index (χ0) is 22.0. The van der Waals surface area contributed by atoms with E-state index in [1.165, 1.54) is 0 Å². The number of anilines is 2. The van der Waals surface area contributed by atoms with Crippen LogP contribution in [0.25, 0.3) is 6.08 Å². The Bertz CT molecular complexity index is 1150. The van der Waals surface area contributed by atoms with Gasteiger partial charge in [0.25, 0.3) is 5.91 Å². The molecular weight excluding hydrogens is 384 g/mol. The second kappa shape index (κ2) is 8.23. The standard InChI is InChI=1S/C27H26N2O2/c1-19-13-15-23(16-14-19)29-25(30)18-27(29,21(3)17-22-10-5-4-6-11-22)26(31)28-24-12-8-7-9-20(24)2/h4-17H,18H2,1-3H3,(H,28,31)/b21-17-/t27-/m0/s1. The van der Waals surface area contributed by atoms with Crippen LogP contribution in [-0.2, 0) is 9.59 Å². The van der Waals surface area contributed by atoms with E-state index in [0.29, 0.717) is 0 Å². The number of amides is 2. The van der Waals surface area contributed by atoms with Crippen LogP contribution < -0.4 is 10.2 Å². The first-order valence-corrected chi connectivity index (χ1v) is 10.4. The SMILES string of the molecule is C/C(=C/c1ccccc1)[C@]1(C(=O)Nc2ccccc2C)CC(=O)N1c1ccc(C)cc1. The summed E-state index contributed by atoms with van der Waals surface area (Å²) in [6.07, 6.45) is 2.12. The molecule has 3 aromatic rings. The molecule has 31 heavy (non-hydrogen) atoms. The Balaban J connectivity index is 1.79. The van der Waals surface area contributed by atoms with Gasteiger partial charge in [-0.25, -0.2) is 0 Å². The van der Waals surface area contributed by atoms with Crippen molar-refractivity contribution in [2.24, 2.45) is 0 Å². The van der Waals surface area contributed by atoms with Crippen molar-refractivity contribution in [2.75, 3.05) is 10.2 Å². The van der Waals surface area contributed by atoms with Crippen molar-refractivity contribution in [3.05, 3.63) is 101 Å².